The molecule has 13 heavy (non-hydrogen) atoms. The third-order valence-corrected chi connectivity index (χ3v) is 2.30. The van der Waals surface area contributed by atoms with E-state index in [9.17, 15) is 4.79 Å². The lowest BCUT2D eigenvalue weighted by molar-refractivity contribution is -0.144. The van der Waals surface area contributed by atoms with E-state index in [2.05, 4.69) is 0 Å². The van der Waals surface area contributed by atoms with Crippen LogP contribution in [0.1, 0.15) is 26.7 Å². The Bertz CT molecular complexity index is 161. The van der Waals surface area contributed by atoms with E-state index in [4.69, 9.17) is 10.2 Å². The van der Waals surface area contributed by atoms with Crippen molar-refractivity contribution in [1.82, 2.24) is 4.90 Å². The van der Waals surface area contributed by atoms with Crippen molar-refractivity contribution in [1.29, 1.82) is 0 Å². The summed E-state index contributed by atoms with van der Waals surface area (Å²) in [7, 11) is 1.73. The number of nitrogens with zero attached hydrogens (tertiary/aromatic N) is 1. The van der Waals surface area contributed by atoms with Crippen LogP contribution >= 0.6 is 0 Å². The maximum absolute atomic E-state index is 10.8. The zero-order chi connectivity index (χ0) is 10.4. The van der Waals surface area contributed by atoms with Gasteiger partial charge in [-0.1, -0.05) is 13.3 Å². The van der Waals surface area contributed by atoms with Crippen LogP contribution in [0.5, 0.6) is 0 Å². The van der Waals surface area contributed by atoms with Gasteiger partial charge >= 0.3 is 5.97 Å². The van der Waals surface area contributed by atoms with E-state index < -0.39 is 12.0 Å². The molecule has 4 nitrogen and oxygen atoms in total. The van der Waals surface area contributed by atoms with E-state index in [-0.39, 0.29) is 12.6 Å². The summed E-state index contributed by atoms with van der Waals surface area (Å²) >= 11 is 0. The maximum atomic E-state index is 10.8. The van der Waals surface area contributed by atoms with Gasteiger partial charge in [0, 0.05) is 6.04 Å². The van der Waals surface area contributed by atoms with Gasteiger partial charge in [-0.15, -0.1) is 0 Å². The highest BCUT2D eigenvalue weighted by molar-refractivity contribution is 5.73. The smallest absolute Gasteiger partial charge is 0.320 e. The van der Waals surface area contributed by atoms with Crippen LogP contribution in [0.3, 0.4) is 0 Å². The predicted molar refractivity (Wildman–Crippen MR) is 50.6 cm³/mol. The summed E-state index contributed by atoms with van der Waals surface area (Å²) in [5.41, 5.74) is 0. The van der Waals surface area contributed by atoms with Crippen LogP contribution in [-0.4, -0.2) is 46.8 Å². The lowest BCUT2D eigenvalue weighted by Crippen LogP contribution is -2.45. The molecule has 0 bridgehead atoms. The predicted octanol–water partition coefficient (Wildman–Crippen LogP) is 0.552. The summed E-state index contributed by atoms with van der Waals surface area (Å²) in [5.74, 6) is -0.815. The highest BCUT2D eigenvalue weighted by Gasteiger charge is 2.24. The molecular weight excluding hydrogens is 170 g/mol. The van der Waals surface area contributed by atoms with Gasteiger partial charge in [0.05, 0.1) is 6.61 Å². The fourth-order valence-corrected chi connectivity index (χ4v) is 1.21. The van der Waals surface area contributed by atoms with E-state index in [1.54, 1.807) is 11.9 Å². The van der Waals surface area contributed by atoms with E-state index in [1.807, 2.05) is 13.8 Å². The van der Waals surface area contributed by atoms with Crippen LogP contribution in [0.2, 0.25) is 0 Å². The van der Waals surface area contributed by atoms with Gasteiger partial charge in [-0.25, -0.2) is 0 Å². The van der Waals surface area contributed by atoms with Crippen molar-refractivity contribution in [3.05, 3.63) is 0 Å². The Balaban J connectivity index is 4.26. The van der Waals surface area contributed by atoms with Gasteiger partial charge in [0.1, 0.15) is 6.04 Å². The lowest BCUT2D eigenvalue weighted by Gasteiger charge is -2.28. The van der Waals surface area contributed by atoms with Crippen molar-refractivity contribution in [3.63, 3.8) is 0 Å². The minimum absolute atomic E-state index is 0.00993. The first-order chi connectivity index (χ1) is 6.04. The molecule has 0 fully saturated rings. The molecule has 0 aromatic carbocycles. The number of aliphatic hydroxyl groups excluding tert-OH is 1. The SMILES string of the molecule is CCCC(C(=O)O)N(C)C(C)CO. The van der Waals surface area contributed by atoms with E-state index >= 15 is 0 Å². The average Bonchev–Trinajstić information content (AvgIpc) is 2.11. The van der Waals surface area contributed by atoms with Crippen LogP contribution in [0.15, 0.2) is 0 Å². The Hall–Kier alpha value is -0.610. The molecule has 78 valence electrons. The molecule has 0 saturated carbocycles. The van der Waals surface area contributed by atoms with Crippen molar-refractivity contribution in [2.75, 3.05) is 13.7 Å². The monoisotopic (exact) mass is 189 g/mol. The standard InChI is InChI=1S/C9H19NO3/c1-4-5-8(9(12)13)10(3)7(2)6-11/h7-8,11H,4-6H2,1-3H3,(H,12,13). The average molecular weight is 189 g/mol. The zero-order valence-electron chi connectivity index (χ0n) is 8.53. The molecule has 2 atom stereocenters. The van der Waals surface area contributed by atoms with Gasteiger partial charge in [-0.2, -0.15) is 0 Å². The molecular formula is C9H19NO3. The molecule has 0 aromatic rings. The van der Waals surface area contributed by atoms with Crippen LogP contribution in [-0.2, 0) is 4.79 Å². The van der Waals surface area contributed by atoms with Crippen molar-refractivity contribution >= 4 is 5.97 Å². The number of aliphatic hydroxyl groups is 1. The van der Waals surface area contributed by atoms with E-state index in [0.29, 0.717) is 6.42 Å². The number of carboxylic acid groups (broad SMARTS) is 1. The second-order valence-corrected chi connectivity index (χ2v) is 3.34. The van der Waals surface area contributed by atoms with Crippen molar-refractivity contribution in [2.45, 2.75) is 38.8 Å². The molecule has 2 N–H and O–H groups in total. The maximum Gasteiger partial charge on any atom is 0.320 e. The largest absolute Gasteiger partial charge is 0.480 e. The molecule has 0 spiro atoms. The summed E-state index contributed by atoms with van der Waals surface area (Å²) in [6, 6.07) is -0.584. The Morgan fingerprint density at radius 3 is 2.38 bits per heavy atom. The van der Waals surface area contributed by atoms with Gasteiger partial charge in [0.2, 0.25) is 0 Å². The van der Waals surface area contributed by atoms with Gasteiger partial charge in [0.25, 0.3) is 0 Å². The molecule has 0 aliphatic heterocycles. The Morgan fingerprint density at radius 2 is 2.08 bits per heavy atom. The molecule has 0 aliphatic carbocycles. The lowest BCUT2D eigenvalue weighted by atomic mass is 10.1. The molecule has 0 radical (unpaired) electrons. The normalized spacial score (nSPS) is 15.8. The first-order valence-corrected chi connectivity index (χ1v) is 4.60. The van der Waals surface area contributed by atoms with E-state index in [1.165, 1.54) is 0 Å². The van der Waals surface area contributed by atoms with Crippen LogP contribution in [0.4, 0.5) is 0 Å². The summed E-state index contributed by atoms with van der Waals surface area (Å²) in [5, 5.41) is 17.8. The van der Waals surface area contributed by atoms with E-state index in [0.717, 1.165) is 6.42 Å². The summed E-state index contributed by atoms with van der Waals surface area (Å²) in [4.78, 5) is 12.5. The van der Waals surface area contributed by atoms with Crippen molar-refractivity contribution < 1.29 is 15.0 Å². The van der Waals surface area contributed by atoms with Gasteiger partial charge < -0.3 is 10.2 Å². The second-order valence-electron chi connectivity index (χ2n) is 3.34. The number of hydrogen-bond donors (Lipinski definition) is 2. The first-order valence-electron chi connectivity index (χ1n) is 4.60. The van der Waals surface area contributed by atoms with Gasteiger partial charge in [-0.3, -0.25) is 9.69 Å². The third kappa shape index (κ3) is 3.74. The Morgan fingerprint density at radius 1 is 1.54 bits per heavy atom. The minimum atomic E-state index is -0.815. The molecule has 0 aromatic heterocycles. The number of aliphatic carboxylic acids is 1. The van der Waals surface area contributed by atoms with Gasteiger partial charge in [0.15, 0.2) is 0 Å². The highest BCUT2D eigenvalue weighted by atomic mass is 16.4. The summed E-state index contributed by atoms with van der Waals surface area (Å²) in [6.45, 7) is 3.75. The first kappa shape index (κ1) is 12.4. The fourth-order valence-electron chi connectivity index (χ4n) is 1.21. The molecule has 0 saturated heterocycles. The summed E-state index contributed by atoms with van der Waals surface area (Å²) in [6.07, 6.45) is 1.45. The molecule has 0 heterocycles. The van der Waals surface area contributed by atoms with Crippen LogP contribution < -0.4 is 0 Å². The van der Waals surface area contributed by atoms with Crippen molar-refractivity contribution in [3.8, 4) is 0 Å². The number of hydrogen-bond acceptors (Lipinski definition) is 3. The minimum Gasteiger partial charge on any atom is -0.480 e. The van der Waals surface area contributed by atoms with Crippen molar-refractivity contribution in [2.24, 2.45) is 0 Å². The van der Waals surface area contributed by atoms with Gasteiger partial charge in [-0.05, 0) is 20.4 Å². The number of carboxylic acids is 1. The quantitative estimate of drug-likeness (QED) is 0.640. The number of likely N-dealkylation sites (N-methyl/N-ethyl adjacent to an activating group) is 1. The molecule has 0 rings (SSSR count). The number of carbonyl (C=O) groups is 1. The number of rotatable bonds is 6. The molecule has 2 unspecified atom stereocenters. The molecule has 0 aliphatic rings. The van der Waals surface area contributed by atoms with Crippen LogP contribution in [0, 0.1) is 0 Å². The third-order valence-electron chi connectivity index (χ3n) is 2.30. The second kappa shape index (κ2) is 5.94. The molecule has 4 heteroatoms. The molecule has 0 amide bonds. The van der Waals surface area contributed by atoms with Crippen LogP contribution in [0.25, 0.3) is 0 Å². The fraction of sp³-hybridized carbons (Fsp3) is 0.889. The Labute approximate surface area is 79.2 Å². The Kier molecular flexibility index (Phi) is 5.66. The highest BCUT2D eigenvalue weighted by Crippen LogP contribution is 2.08. The topological polar surface area (TPSA) is 60.8 Å². The zero-order valence-corrected chi connectivity index (χ0v) is 8.53. The summed E-state index contributed by atoms with van der Waals surface area (Å²) < 4.78 is 0.